The van der Waals surface area contributed by atoms with Crippen LogP contribution in [-0.4, -0.2) is 11.5 Å². The van der Waals surface area contributed by atoms with E-state index in [2.05, 4.69) is 41.7 Å². The van der Waals surface area contributed by atoms with Crippen LogP contribution in [0.4, 0.5) is 0 Å². The lowest BCUT2D eigenvalue weighted by Gasteiger charge is -2.22. The van der Waals surface area contributed by atoms with E-state index >= 15 is 0 Å². The van der Waals surface area contributed by atoms with Crippen LogP contribution < -0.4 is 5.73 Å². The Morgan fingerprint density at radius 3 is 2.67 bits per heavy atom. The van der Waals surface area contributed by atoms with Crippen LogP contribution in [-0.2, 0) is 0 Å². The van der Waals surface area contributed by atoms with Gasteiger partial charge >= 0.3 is 0 Å². The minimum absolute atomic E-state index is 0.171. The Morgan fingerprint density at radius 1 is 1.39 bits per heavy atom. The van der Waals surface area contributed by atoms with Gasteiger partial charge in [0.1, 0.15) is 5.52 Å². The highest BCUT2D eigenvalue weighted by molar-refractivity contribution is 9.10. The van der Waals surface area contributed by atoms with Crippen molar-refractivity contribution in [1.29, 1.82) is 0 Å². The van der Waals surface area contributed by atoms with Crippen molar-refractivity contribution in [2.75, 3.05) is 6.54 Å². The minimum Gasteiger partial charge on any atom is -0.439 e. The molecule has 0 fully saturated rings. The van der Waals surface area contributed by atoms with E-state index in [0.29, 0.717) is 6.54 Å². The molecule has 0 spiro atoms. The molecule has 0 saturated heterocycles. The van der Waals surface area contributed by atoms with E-state index in [4.69, 9.17) is 10.2 Å². The van der Waals surface area contributed by atoms with Gasteiger partial charge in [-0.3, -0.25) is 0 Å². The topological polar surface area (TPSA) is 52.0 Å². The average molecular weight is 311 g/mol. The van der Waals surface area contributed by atoms with Gasteiger partial charge in [0.25, 0.3) is 0 Å². The summed E-state index contributed by atoms with van der Waals surface area (Å²) in [6.45, 7) is 7.17. The number of para-hydroxylation sites is 1. The van der Waals surface area contributed by atoms with Crippen molar-refractivity contribution in [2.45, 2.75) is 33.1 Å². The highest BCUT2D eigenvalue weighted by Gasteiger charge is 2.23. The number of hydrogen-bond donors (Lipinski definition) is 1. The molecule has 0 aliphatic carbocycles. The second-order valence-corrected chi connectivity index (χ2v) is 6.69. The largest absolute Gasteiger partial charge is 0.439 e. The summed E-state index contributed by atoms with van der Waals surface area (Å²) in [6, 6.07) is 5.87. The van der Waals surface area contributed by atoms with E-state index < -0.39 is 0 Å². The lowest BCUT2D eigenvalue weighted by Crippen LogP contribution is -2.19. The van der Waals surface area contributed by atoms with E-state index in [9.17, 15) is 0 Å². The lowest BCUT2D eigenvalue weighted by atomic mass is 9.84. The molecule has 0 amide bonds. The maximum atomic E-state index is 5.86. The van der Waals surface area contributed by atoms with Crippen molar-refractivity contribution in [1.82, 2.24) is 4.98 Å². The molecule has 0 bridgehead atoms. The normalized spacial score (nSPS) is 14.1. The number of oxazole rings is 1. The van der Waals surface area contributed by atoms with Crippen molar-refractivity contribution in [3.63, 3.8) is 0 Å². The molecule has 1 aromatic heterocycles. The van der Waals surface area contributed by atoms with Crippen LogP contribution in [0.25, 0.3) is 11.1 Å². The molecule has 98 valence electrons. The monoisotopic (exact) mass is 310 g/mol. The standard InChI is InChI=1S/C14H19BrN2O/c1-14(2,3)7-9(8-16)13-17-11-6-4-5-10(15)12(11)18-13/h4-6,9H,7-8,16H2,1-3H3. The fourth-order valence-electron chi connectivity index (χ4n) is 2.12. The maximum absolute atomic E-state index is 5.86. The van der Waals surface area contributed by atoms with Crippen molar-refractivity contribution < 1.29 is 4.42 Å². The number of fused-ring (bicyclic) bond motifs is 1. The number of hydrogen-bond acceptors (Lipinski definition) is 3. The second-order valence-electron chi connectivity index (χ2n) is 5.84. The molecule has 1 heterocycles. The predicted octanol–water partition coefficient (Wildman–Crippen LogP) is 4.07. The Labute approximate surface area is 116 Å². The summed E-state index contributed by atoms with van der Waals surface area (Å²) in [5, 5.41) is 0. The van der Waals surface area contributed by atoms with Crippen LogP contribution in [0.5, 0.6) is 0 Å². The first kappa shape index (κ1) is 13.6. The Kier molecular flexibility index (Phi) is 3.78. The quantitative estimate of drug-likeness (QED) is 0.929. The number of nitrogens with zero attached hydrogens (tertiary/aromatic N) is 1. The zero-order valence-electron chi connectivity index (χ0n) is 11.0. The van der Waals surface area contributed by atoms with Gasteiger partial charge in [-0.2, -0.15) is 0 Å². The zero-order valence-corrected chi connectivity index (χ0v) is 12.6. The van der Waals surface area contributed by atoms with E-state index in [1.807, 2.05) is 18.2 Å². The van der Waals surface area contributed by atoms with Gasteiger partial charge in [-0.05, 0) is 39.9 Å². The van der Waals surface area contributed by atoms with Gasteiger partial charge in [-0.1, -0.05) is 26.8 Å². The number of halogens is 1. The Balaban J connectivity index is 2.37. The van der Waals surface area contributed by atoms with Gasteiger partial charge in [0.15, 0.2) is 11.5 Å². The summed E-state index contributed by atoms with van der Waals surface area (Å²) in [6.07, 6.45) is 0.966. The molecule has 0 aliphatic rings. The molecule has 3 nitrogen and oxygen atoms in total. The Hall–Kier alpha value is -0.870. The lowest BCUT2D eigenvalue weighted by molar-refractivity contribution is 0.314. The molecule has 2 rings (SSSR count). The fraction of sp³-hybridized carbons (Fsp3) is 0.500. The van der Waals surface area contributed by atoms with Crippen LogP contribution in [0.3, 0.4) is 0 Å². The van der Waals surface area contributed by atoms with Gasteiger partial charge in [0.2, 0.25) is 0 Å². The number of nitrogens with two attached hydrogens (primary N) is 1. The van der Waals surface area contributed by atoms with Gasteiger partial charge in [-0.25, -0.2) is 4.98 Å². The summed E-state index contributed by atoms with van der Waals surface area (Å²) in [4.78, 5) is 4.55. The van der Waals surface area contributed by atoms with Crippen molar-refractivity contribution in [3.8, 4) is 0 Å². The van der Waals surface area contributed by atoms with Gasteiger partial charge in [0, 0.05) is 12.5 Å². The summed E-state index contributed by atoms with van der Waals surface area (Å²) < 4.78 is 6.80. The zero-order chi connectivity index (χ0) is 13.3. The number of aromatic nitrogens is 1. The van der Waals surface area contributed by atoms with Crippen LogP contribution in [0.15, 0.2) is 27.1 Å². The van der Waals surface area contributed by atoms with E-state index in [1.165, 1.54) is 0 Å². The molecular formula is C14H19BrN2O. The van der Waals surface area contributed by atoms with Gasteiger partial charge in [0.05, 0.1) is 4.47 Å². The average Bonchev–Trinajstić information content (AvgIpc) is 2.70. The van der Waals surface area contributed by atoms with Crippen LogP contribution in [0.2, 0.25) is 0 Å². The summed E-state index contributed by atoms with van der Waals surface area (Å²) in [5.74, 6) is 0.915. The number of benzene rings is 1. The van der Waals surface area contributed by atoms with Crippen molar-refractivity contribution in [3.05, 3.63) is 28.6 Å². The van der Waals surface area contributed by atoms with E-state index in [0.717, 1.165) is 27.9 Å². The molecule has 2 N–H and O–H groups in total. The highest BCUT2D eigenvalue weighted by atomic mass is 79.9. The third-order valence-electron chi connectivity index (χ3n) is 2.88. The Bertz CT molecular complexity index is 542. The van der Waals surface area contributed by atoms with Crippen LogP contribution in [0.1, 0.15) is 39.0 Å². The molecule has 2 aromatic rings. The second kappa shape index (κ2) is 5.02. The van der Waals surface area contributed by atoms with Crippen LogP contribution >= 0.6 is 15.9 Å². The number of rotatable bonds is 3. The smallest absolute Gasteiger partial charge is 0.199 e. The highest BCUT2D eigenvalue weighted by Crippen LogP contribution is 2.33. The maximum Gasteiger partial charge on any atom is 0.199 e. The third-order valence-corrected chi connectivity index (χ3v) is 3.50. The molecule has 1 atom stereocenters. The van der Waals surface area contributed by atoms with E-state index in [-0.39, 0.29) is 11.3 Å². The molecule has 1 aromatic carbocycles. The van der Waals surface area contributed by atoms with E-state index in [1.54, 1.807) is 0 Å². The summed E-state index contributed by atoms with van der Waals surface area (Å²) >= 11 is 3.48. The molecule has 0 radical (unpaired) electrons. The first-order valence-corrected chi connectivity index (χ1v) is 6.95. The predicted molar refractivity (Wildman–Crippen MR) is 77.6 cm³/mol. The SMILES string of the molecule is CC(C)(C)CC(CN)c1nc2cccc(Br)c2o1. The first-order chi connectivity index (χ1) is 8.40. The minimum atomic E-state index is 0.171. The molecule has 4 heteroatoms. The van der Waals surface area contributed by atoms with Gasteiger partial charge < -0.3 is 10.2 Å². The molecular weight excluding hydrogens is 292 g/mol. The third kappa shape index (κ3) is 2.93. The Morgan fingerprint density at radius 2 is 2.11 bits per heavy atom. The fourth-order valence-corrected chi connectivity index (χ4v) is 2.55. The molecule has 0 aliphatic heterocycles. The first-order valence-electron chi connectivity index (χ1n) is 6.16. The van der Waals surface area contributed by atoms with Gasteiger partial charge in [-0.15, -0.1) is 0 Å². The molecule has 1 unspecified atom stereocenters. The summed E-state index contributed by atoms with van der Waals surface area (Å²) in [7, 11) is 0. The van der Waals surface area contributed by atoms with Crippen molar-refractivity contribution in [2.24, 2.45) is 11.1 Å². The van der Waals surface area contributed by atoms with Crippen molar-refractivity contribution >= 4 is 27.0 Å². The van der Waals surface area contributed by atoms with Crippen LogP contribution in [0, 0.1) is 5.41 Å². The molecule has 18 heavy (non-hydrogen) atoms. The molecule has 0 saturated carbocycles. The summed E-state index contributed by atoms with van der Waals surface area (Å²) in [5.41, 5.74) is 7.76.